The summed E-state index contributed by atoms with van der Waals surface area (Å²) < 4.78 is 10.2. The van der Waals surface area contributed by atoms with Gasteiger partial charge in [0.2, 0.25) is 0 Å². The van der Waals surface area contributed by atoms with Gasteiger partial charge in [0, 0.05) is 0 Å². The maximum Gasteiger partial charge on any atom is 0.310 e. The van der Waals surface area contributed by atoms with Crippen molar-refractivity contribution in [3.63, 3.8) is 0 Å². The summed E-state index contributed by atoms with van der Waals surface area (Å²) in [6, 6.07) is 11.4. The average Bonchev–Trinajstić information content (AvgIpc) is 2.57. The fourth-order valence-corrected chi connectivity index (χ4v) is 2.11. The smallest absolute Gasteiger partial charge is 0.310 e. The molecule has 0 saturated carbocycles. The number of benzene rings is 2. The standard InChI is InChI=1S/C17H17NO6/c1-22-16-7-6-14-10-13(4-5-15(14)12-16)11-17(19)23-8-2-3-9-24-18(20)21/h2-7,10,12H,8-9,11H2,1H3. The van der Waals surface area contributed by atoms with E-state index in [4.69, 9.17) is 9.47 Å². The van der Waals surface area contributed by atoms with E-state index >= 15 is 0 Å². The van der Waals surface area contributed by atoms with Crippen LogP contribution < -0.4 is 4.74 Å². The van der Waals surface area contributed by atoms with Crippen molar-refractivity contribution in [3.05, 3.63) is 64.2 Å². The number of ether oxygens (including phenoxy) is 2. The van der Waals surface area contributed by atoms with Gasteiger partial charge in [0.1, 0.15) is 19.0 Å². The SMILES string of the molecule is COc1ccc2cc(CC(=O)OCC=CCO[N+](=O)[O-])ccc2c1. The molecule has 24 heavy (non-hydrogen) atoms. The van der Waals surface area contributed by atoms with Crippen molar-refractivity contribution in [3.8, 4) is 5.75 Å². The van der Waals surface area contributed by atoms with Crippen LogP contribution in [0, 0.1) is 10.1 Å². The summed E-state index contributed by atoms with van der Waals surface area (Å²) in [6.07, 6.45) is 3.06. The zero-order valence-electron chi connectivity index (χ0n) is 13.1. The van der Waals surface area contributed by atoms with Crippen LogP contribution in [0.15, 0.2) is 48.6 Å². The van der Waals surface area contributed by atoms with E-state index in [1.807, 2.05) is 36.4 Å². The van der Waals surface area contributed by atoms with Crippen LogP contribution in [0.2, 0.25) is 0 Å². The van der Waals surface area contributed by atoms with Crippen LogP contribution >= 0.6 is 0 Å². The second-order valence-corrected chi connectivity index (χ2v) is 4.90. The minimum absolute atomic E-state index is 0.0463. The van der Waals surface area contributed by atoms with Gasteiger partial charge in [0.25, 0.3) is 5.09 Å². The molecule has 0 atom stereocenters. The Hall–Kier alpha value is -3.09. The van der Waals surface area contributed by atoms with Gasteiger partial charge >= 0.3 is 5.97 Å². The third kappa shape index (κ3) is 5.28. The minimum atomic E-state index is -0.883. The highest BCUT2D eigenvalue weighted by molar-refractivity contribution is 5.85. The summed E-state index contributed by atoms with van der Waals surface area (Å²) >= 11 is 0. The Labute approximate surface area is 138 Å². The maximum absolute atomic E-state index is 11.8. The fourth-order valence-electron chi connectivity index (χ4n) is 2.11. The first kappa shape index (κ1) is 17.3. The van der Waals surface area contributed by atoms with E-state index < -0.39 is 5.09 Å². The zero-order valence-corrected chi connectivity index (χ0v) is 13.1. The van der Waals surface area contributed by atoms with Crippen molar-refractivity contribution in [2.75, 3.05) is 20.3 Å². The van der Waals surface area contributed by atoms with E-state index in [9.17, 15) is 14.9 Å². The zero-order chi connectivity index (χ0) is 17.4. The van der Waals surface area contributed by atoms with Crippen LogP contribution in [-0.4, -0.2) is 31.4 Å². The Morgan fingerprint density at radius 3 is 2.58 bits per heavy atom. The topological polar surface area (TPSA) is 87.9 Å². The van der Waals surface area contributed by atoms with Crippen molar-refractivity contribution in [1.29, 1.82) is 0 Å². The van der Waals surface area contributed by atoms with Crippen LogP contribution in [0.5, 0.6) is 5.75 Å². The monoisotopic (exact) mass is 331 g/mol. The number of fused-ring (bicyclic) bond motifs is 1. The summed E-state index contributed by atoms with van der Waals surface area (Å²) in [5.74, 6) is 0.408. The summed E-state index contributed by atoms with van der Waals surface area (Å²) in [5, 5.41) is 11.1. The molecule has 0 bridgehead atoms. The molecule has 0 N–H and O–H groups in total. The van der Waals surface area contributed by atoms with Crippen molar-refractivity contribution in [1.82, 2.24) is 0 Å². The highest BCUT2D eigenvalue weighted by Crippen LogP contribution is 2.22. The van der Waals surface area contributed by atoms with Gasteiger partial charge in [-0.05, 0) is 34.5 Å². The molecule has 2 rings (SSSR count). The Morgan fingerprint density at radius 1 is 1.12 bits per heavy atom. The number of nitrogens with zero attached hydrogens (tertiary/aromatic N) is 1. The van der Waals surface area contributed by atoms with E-state index in [-0.39, 0.29) is 25.6 Å². The molecule has 0 heterocycles. The lowest BCUT2D eigenvalue weighted by Crippen LogP contribution is -2.08. The molecule has 2 aromatic rings. The van der Waals surface area contributed by atoms with E-state index in [1.165, 1.54) is 12.2 Å². The van der Waals surface area contributed by atoms with Gasteiger partial charge in [-0.25, -0.2) is 0 Å². The molecule has 0 saturated heterocycles. The predicted molar refractivity (Wildman–Crippen MR) is 87.2 cm³/mol. The Morgan fingerprint density at radius 2 is 1.83 bits per heavy atom. The first-order valence-corrected chi connectivity index (χ1v) is 7.23. The molecule has 0 unspecified atom stereocenters. The molecule has 7 heteroatoms. The van der Waals surface area contributed by atoms with Gasteiger partial charge in [0.15, 0.2) is 0 Å². The second kappa shape index (κ2) is 8.52. The van der Waals surface area contributed by atoms with Crippen LogP contribution in [0.1, 0.15) is 5.56 Å². The summed E-state index contributed by atoms with van der Waals surface area (Å²) in [7, 11) is 1.61. The molecular weight excluding hydrogens is 314 g/mol. The normalized spacial score (nSPS) is 10.7. The number of hydrogen-bond donors (Lipinski definition) is 0. The lowest BCUT2D eigenvalue weighted by molar-refractivity contribution is -0.755. The average molecular weight is 331 g/mol. The second-order valence-electron chi connectivity index (χ2n) is 4.90. The molecular formula is C17H17NO6. The van der Waals surface area contributed by atoms with Crippen LogP contribution in [0.4, 0.5) is 0 Å². The fraction of sp³-hybridized carbons (Fsp3) is 0.235. The Bertz CT molecular complexity index is 756. The quantitative estimate of drug-likeness (QED) is 0.320. The van der Waals surface area contributed by atoms with E-state index in [0.717, 1.165) is 22.1 Å². The van der Waals surface area contributed by atoms with Crippen molar-refractivity contribution in [2.45, 2.75) is 6.42 Å². The molecule has 0 fully saturated rings. The highest BCUT2D eigenvalue weighted by Gasteiger charge is 2.05. The van der Waals surface area contributed by atoms with Gasteiger partial charge in [0.05, 0.1) is 13.5 Å². The van der Waals surface area contributed by atoms with Crippen LogP contribution in [-0.2, 0) is 20.8 Å². The molecule has 0 aliphatic carbocycles. The number of rotatable bonds is 8. The molecule has 126 valence electrons. The van der Waals surface area contributed by atoms with Crippen LogP contribution in [0.3, 0.4) is 0 Å². The van der Waals surface area contributed by atoms with Crippen molar-refractivity contribution in [2.24, 2.45) is 0 Å². The lowest BCUT2D eigenvalue weighted by atomic mass is 10.0. The Balaban J connectivity index is 1.85. The van der Waals surface area contributed by atoms with Gasteiger partial charge < -0.3 is 14.3 Å². The largest absolute Gasteiger partial charge is 0.497 e. The molecule has 0 aliphatic heterocycles. The first-order valence-electron chi connectivity index (χ1n) is 7.23. The summed E-state index contributed by atoms with van der Waals surface area (Å²) in [5.41, 5.74) is 0.846. The maximum atomic E-state index is 11.8. The minimum Gasteiger partial charge on any atom is -0.497 e. The number of carbonyl (C=O) groups excluding carboxylic acids is 1. The molecule has 7 nitrogen and oxygen atoms in total. The van der Waals surface area contributed by atoms with Crippen molar-refractivity contribution >= 4 is 16.7 Å². The number of esters is 1. The molecule has 2 aromatic carbocycles. The number of hydrogen-bond acceptors (Lipinski definition) is 6. The Kier molecular flexibility index (Phi) is 6.13. The van der Waals surface area contributed by atoms with Crippen molar-refractivity contribution < 1.29 is 24.2 Å². The molecule has 0 amide bonds. The van der Waals surface area contributed by atoms with Gasteiger partial charge in [-0.2, -0.15) is 0 Å². The number of carbonyl (C=O) groups is 1. The molecule has 0 radical (unpaired) electrons. The predicted octanol–water partition coefficient (Wildman–Crippen LogP) is 2.70. The number of methoxy groups -OCH3 is 1. The molecule has 0 aromatic heterocycles. The highest BCUT2D eigenvalue weighted by atomic mass is 16.9. The molecule has 0 spiro atoms. The van der Waals surface area contributed by atoms with Gasteiger partial charge in [-0.3, -0.25) is 4.79 Å². The van der Waals surface area contributed by atoms with Gasteiger partial charge in [-0.15, -0.1) is 10.1 Å². The third-order valence-electron chi connectivity index (χ3n) is 3.24. The van der Waals surface area contributed by atoms with E-state index in [1.54, 1.807) is 7.11 Å². The van der Waals surface area contributed by atoms with Crippen LogP contribution in [0.25, 0.3) is 10.8 Å². The third-order valence-corrected chi connectivity index (χ3v) is 3.24. The van der Waals surface area contributed by atoms with E-state index in [2.05, 4.69) is 4.84 Å². The van der Waals surface area contributed by atoms with Gasteiger partial charge in [-0.1, -0.05) is 30.3 Å². The summed E-state index contributed by atoms with van der Waals surface area (Å²) in [6.45, 7) is -0.122. The first-order chi connectivity index (χ1) is 11.6. The summed E-state index contributed by atoms with van der Waals surface area (Å²) in [4.78, 5) is 25.8. The van der Waals surface area contributed by atoms with E-state index in [0.29, 0.717) is 0 Å². The lowest BCUT2D eigenvalue weighted by Gasteiger charge is -2.06. The molecule has 0 aliphatic rings.